The standard InChI is InChI=1S/C33H44N6O4/c1-5-24(40)10-8-7-9-11-26(37-32(41)28-20-33(43-38-28)14-16-39(6-2)17-15-33)31-34-21-29(36-31)25-18-23-13-12-22(3)35-27(23)19-30(25)42-4/h12-13,18-19,21,26H,5-11,14-17,20H2,1-4H3,(H,34,36)(H,37,41)/t26-/m0/s1. The van der Waals surface area contributed by atoms with Gasteiger partial charge in [-0.1, -0.05) is 37.9 Å². The average molecular weight is 589 g/mol. The average Bonchev–Trinajstić information content (AvgIpc) is 3.68. The first-order valence-electron chi connectivity index (χ1n) is 15.6. The number of methoxy groups -OCH3 is 1. The summed E-state index contributed by atoms with van der Waals surface area (Å²) < 4.78 is 5.72. The molecule has 0 unspecified atom stereocenters. The van der Waals surface area contributed by atoms with Crippen LogP contribution in [0.3, 0.4) is 0 Å². The Morgan fingerprint density at radius 3 is 2.72 bits per heavy atom. The van der Waals surface area contributed by atoms with Gasteiger partial charge in [-0.05, 0) is 38.4 Å². The SMILES string of the molecule is CCC(=O)CCCCC[C@H](NC(=O)C1=NOC2(CCN(CC)CC2)C1)c1ncc(-c2cc3ccc(C)nc3cc2OC)[nH]1. The zero-order chi connectivity index (χ0) is 30.4. The van der Waals surface area contributed by atoms with E-state index >= 15 is 0 Å². The van der Waals surface area contributed by atoms with Gasteiger partial charge in [0, 0.05) is 67.9 Å². The van der Waals surface area contributed by atoms with Gasteiger partial charge in [0.2, 0.25) is 0 Å². The normalized spacial score (nSPS) is 17.1. The number of ketones is 1. The third-order valence-electron chi connectivity index (χ3n) is 8.83. The number of fused-ring (bicyclic) bond motifs is 1. The number of hydrogen-bond donors (Lipinski definition) is 2. The lowest BCUT2D eigenvalue weighted by Gasteiger charge is -2.36. The van der Waals surface area contributed by atoms with Crippen molar-refractivity contribution in [1.82, 2.24) is 25.2 Å². The highest BCUT2D eigenvalue weighted by molar-refractivity contribution is 6.39. The first-order chi connectivity index (χ1) is 20.8. The molecule has 43 heavy (non-hydrogen) atoms. The third kappa shape index (κ3) is 7.24. The van der Waals surface area contributed by atoms with Crippen LogP contribution in [0.4, 0.5) is 0 Å². The van der Waals surface area contributed by atoms with Crippen LogP contribution in [0, 0.1) is 6.92 Å². The summed E-state index contributed by atoms with van der Waals surface area (Å²) in [7, 11) is 1.65. The van der Waals surface area contributed by atoms with Crippen molar-refractivity contribution in [3.63, 3.8) is 0 Å². The summed E-state index contributed by atoms with van der Waals surface area (Å²) in [5.74, 6) is 1.43. The second-order valence-corrected chi connectivity index (χ2v) is 11.8. The molecule has 2 aliphatic heterocycles. The Morgan fingerprint density at radius 2 is 1.98 bits per heavy atom. The lowest BCUT2D eigenvalue weighted by atomic mass is 9.86. The zero-order valence-electron chi connectivity index (χ0n) is 25.9. The number of hydrogen-bond acceptors (Lipinski definition) is 8. The van der Waals surface area contributed by atoms with Crippen LogP contribution in [0.2, 0.25) is 0 Å². The second-order valence-electron chi connectivity index (χ2n) is 11.8. The number of pyridine rings is 1. The third-order valence-corrected chi connectivity index (χ3v) is 8.83. The van der Waals surface area contributed by atoms with Crippen molar-refractivity contribution in [1.29, 1.82) is 0 Å². The zero-order valence-corrected chi connectivity index (χ0v) is 25.9. The van der Waals surface area contributed by atoms with Gasteiger partial charge in [-0.25, -0.2) is 4.98 Å². The highest BCUT2D eigenvalue weighted by Crippen LogP contribution is 2.36. The van der Waals surface area contributed by atoms with Gasteiger partial charge < -0.3 is 24.8 Å². The fraction of sp³-hybridized carbons (Fsp3) is 0.545. The maximum Gasteiger partial charge on any atom is 0.269 e. The summed E-state index contributed by atoms with van der Waals surface area (Å²) in [6.45, 7) is 8.96. The fourth-order valence-electron chi connectivity index (χ4n) is 6.01. The number of likely N-dealkylation sites (tertiary alicyclic amines) is 1. The van der Waals surface area contributed by atoms with Crippen molar-refractivity contribution in [3.8, 4) is 17.0 Å². The molecule has 1 amide bonds. The molecule has 2 aromatic heterocycles. The van der Waals surface area contributed by atoms with Crippen molar-refractivity contribution >= 4 is 28.3 Å². The minimum Gasteiger partial charge on any atom is -0.496 e. The topological polar surface area (TPSA) is 122 Å². The van der Waals surface area contributed by atoms with Gasteiger partial charge in [-0.3, -0.25) is 14.6 Å². The van der Waals surface area contributed by atoms with E-state index in [1.807, 2.05) is 38.1 Å². The number of rotatable bonds is 13. The quantitative estimate of drug-likeness (QED) is 0.247. The van der Waals surface area contributed by atoms with Gasteiger partial charge in [0.1, 0.15) is 28.7 Å². The summed E-state index contributed by atoms with van der Waals surface area (Å²) in [4.78, 5) is 46.3. The predicted molar refractivity (Wildman–Crippen MR) is 167 cm³/mol. The van der Waals surface area contributed by atoms with Crippen LogP contribution in [0.15, 0.2) is 35.6 Å². The van der Waals surface area contributed by atoms with Crippen LogP contribution in [-0.2, 0) is 14.4 Å². The number of oxime groups is 1. The molecule has 2 aliphatic rings. The highest BCUT2D eigenvalue weighted by atomic mass is 16.7. The number of imidazole rings is 1. The predicted octanol–water partition coefficient (Wildman–Crippen LogP) is 5.66. The Balaban J connectivity index is 1.32. The van der Waals surface area contributed by atoms with E-state index < -0.39 is 0 Å². The van der Waals surface area contributed by atoms with E-state index in [0.717, 1.165) is 79.6 Å². The molecule has 1 aromatic carbocycles. The molecule has 4 heterocycles. The number of aromatic amines is 1. The molecule has 0 saturated carbocycles. The van der Waals surface area contributed by atoms with E-state index in [2.05, 4.69) is 32.3 Å². The van der Waals surface area contributed by atoms with Crippen molar-refractivity contribution in [2.75, 3.05) is 26.7 Å². The van der Waals surface area contributed by atoms with Crippen LogP contribution >= 0.6 is 0 Å². The van der Waals surface area contributed by atoms with Crippen molar-refractivity contribution in [2.45, 2.75) is 90.2 Å². The summed E-state index contributed by atoms with van der Waals surface area (Å²) in [6, 6.07) is 7.68. The molecule has 2 N–H and O–H groups in total. The Bertz CT molecular complexity index is 1470. The number of H-pyrrole nitrogens is 1. The molecule has 0 radical (unpaired) electrons. The Kier molecular flexibility index (Phi) is 9.75. The van der Waals surface area contributed by atoms with E-state index in [1.165, 1.54) is 0 Å². The molecular weight excluding hydrogens is 544 g/mol. The summed E-state index contributed by atoms with van der Waals surface area (Å²) in [5, 5.41) is 8.45. The largest absolute Gasteiger partial charge is 0.496 e. The highest BCUT2D eigenvalue weighted by Gasteiger charge is 2.43. The van der Waals surface area contributed by atoms with E-state index in [4.69, 9.17) is 14.6 Å². The lowest BCUT2D eigenvalue weighted by Crippen LogP contribution is -2.45. The van der Waals surface area contributed by atoms with Gasteiger partial charge in [0.25, 0.3) is 5.91 Å². The molecule has 1 fully saturated rings. The number of carbonyl (C=O) groups excluding carboxylic acids is 2. The first-order valence-corrected chi connectivity index (χ1v) is 15.6. The summed E-state index contributed by atoms with van der Waals surface area (Å²) in [5.41, 5.74) is 3.54. The number of piperidine rings is 1. The number of aryl methyl sites for hydroxylation is 1. The van der Waals surface area contributed by atoms with Crippen LogP contribution in [0.5, 0.6) is 5.75 Å². The van der Waals surface area contributed by atoms with Crippen molar-refractivity contribution in [3.05, 3.63) is 42.0 Å². The Labute approximate surface area is 253 Å². The number of benzene rings is 1. The van der Waals surface area contributed by atoms with Crippen molar-refractivity contribution < 1.29 is 19.2 Å². The number of ether oxygens (including phenoxy) is 1. The lowest BCUT2D eigenvalue weighted by molar-refractivity contribution is -0.119. The van der Waals surface area contributed by atoms with E-state index in [0.29, 0.717) is 43.0 Å². The number of aromatic nitrogens is 3. The number of nitrogens with zero attached hydrogens (tertiary/aromatic N) is 4. The number of Topliss-reactive ketones (excluding diaryl/α,β-unsaturated/α-hetero) is 1. The molecule has 1 saturated heterocycles. The van der Waals surface area contributed by atoms with E-state index in [-0.39, 0.29) is 23.3 Å². The summed E-state index contributed by atoms with van der Waals surface area (Å²) >= 11 is 0. The minimum absolute atomic E-state index is 0.219. The Morgan fingerprint density at radius 1 is 1.16 bits per heavy atom. The Hall–Kier alpha value is -3.79. The molecule has 10 heteroatoms. The van der Waals surface area contributed by atoms with Crippen LogP contribution in [0.25, 0.3) is 22.2 Å². The van der Waals surface area contributed by atoms with Crippen LogP contribution < -0.4 is 10.1 Å². The first kappa shape index (κ1) is 30.7. The molecule has 10 nitrogen and oxygen atoms in total. The number of nitrogens with one attached hydrogen (secondary N) is 2. The number of unbranched alkanes of at least 4 members (excludes halogenated alkanes) is 2. The number of amides is 1. The molecule has 230 valence electrons. The maximum atomic E-state index is 13.5. The number of carbonyl (C=O) groups is 2. The summed E-state index contributed by atoms with van der Waals surface area (Å²) in [6.07, 6.45) is 8.48. The van der Waals surface area contributed by atoms with Gasteiger partial charge in [0.05, 0.1) is 30.6 Å². The molecule has 0 aliphatic carbocycles. The van der Waals surface area contributed by atoms with Crippen molar-refractivity contribution in [2.24, 2.45) is 5.16 Å². The molecule has 3 aromatic rings. The van der Waals surface area contributed by atoms with Gasteiger partial charge in [0.15, 0.2) is 0 Å². The van der Waals surface area contributed by atoms with Gasteiger partial charge in [-0.2, -0.15) is 0 Å². The van der Waals surface area contributed by atoms with Crippen LogP contribution in [0.1, 0.15) is 89.2 Å². The minimum atomic E-state index is -0.377. The fourth-order valence-corrected chi connectivity index (χ4v) is 6.01. The van der Waals surface area contributed by atoms with E-state index in [9.17, 15) is 9.59 Å². The smallest absolute Gasteiger partial charge is 0.269 e. The van der Waals surface area contributed by atoms with Crippen LogP contribution in [-0.4, -0.2) is 69.6 Å². The maximum absolute atomic E-state index is 13.5. The van der Waals surface area contributed by atoms with Gasteiger partial charge >= 0.3 is 0 Å². The molecule has 5 rings (SSSR count). The monoisotopic (exact) mass is 588 g/mol. The molecular formula is C33H44N6O4. The molecule has 0 bridgehead atoms. The van der Waals surface area contributed by atoms with Gasteiger partial charge in [-0.15, -0.1) is 0 Å². The van der Waals surface area contributed by atoms with E-state index in [1.54, 1.807) is 13.3 Å². The second kappa shape index (κ2) is 13.7. The molecule has 1 spiro atoms. The molecule has 1 atom stereocenters.